The zero-order chi connectivity index (χ0) is 43.0. The van der Waals surface area contributed by atoms with Gasteiger partial charge in [0.1, 0.15) is 13.2 Å². The molecule has 340 valence electrons. The second-order valence-corrected chi connectivity index (χ2v) is 16.3. The predicted octanol–water partition coefficient (Wildman–Crippen LogP) is 16.1. The summed E-state index contributed by atoms with van der Waals surface area (Å²) in [5, 5.41) is 0. The van der Waals surface area contributed by atoms with E-state index in [0.29, 0.717) is 19.3 Å². The highest BCUT2D eigenvalue weighted by Gasteiger charge is 2.19. The lowest BCUT2D eigenvalue weighted by Crippen LogP contribution is -2.30. The second-order valence-electron chi connectivity index (χ2n) is 16.3. The number of hydrogen-bond donors (Lipinski definition) is 0. The quantitative estimate of drug-likeness (QED) is 0.0263. The molecule has 0 unspecified atom stereocenters. The van der Waals surface area contributed by atoms with Gasteiger partial charge in [0, 0.05) is 19.3 Å². The number of rotatable bonds is 44. The third-order valence-electron chi connectivity index (χ3n) is 10.5. The Balaban J connectivity index is 4.41. The third-order valence-corrected chi connectivity index (χ3v) is 10.5. The van der Waals surface area contributed by atoms with E-state index >= 15 is 0 Å². The molecule has 0 bridgehead atoms. The van der Waals surface area contributed by atoms with Gasteiger partial charge in [-0.3, -0.25) is 14.4 Å². The number of carbonyl (C=O) groups is 3. The fraction of sp³-hybridized carbons (Fsp3) is 0.755. The Morgan fingerprint density at radius 3 is 1.10 bits per heavy atom. The molecule has 1 atom stereocenters. The summed E-state index contributed by atoms with van der Waals surface area (Å²) in [6, 6.07) is 0. The van der Waals surface area contributed by atoms with Gasteiger partial charge in [-0.05, 0) is 96.3 Å². The van der Waals surface area contributed by atoms with Gasteiger partial charge in [-0.15, -0.1) is 0 Å². The monoisotopic (exact) mass is 825 g/mol. The Bertz CT molecular complexity index is 1090. The van der Waals surface area contributed by atoms with Crippen LogP contribution >= 0.6 is 0 Å². The zero-order valence-electron chi connectivity index (χ0n) is 38.8. The van der Waals surface area contributed by atoms with Crippen LogP contribution in [-0.2, 0) is 28.6 Å². The summed E-state index contributed by atoms with van der Waals surface area (Å²) < 4.78 is 16.7. The maximum Gasteiger partial charge on any atom is 0.306 e. The molecule has 0 aliphatic carbocycles. The lowest BCUT2D eigenvalue weighted by molar-refractivity contribution is -0.167. The van der Waals surface area contributed by atoms with E-state index in [-0.39, 0.29) is 31.1 Å². The molecule has 0 heterocycles. The van der Waals surface area contributed by atoms with Gasteiger partial charge >= 0.3 is 17.9 Å². The van der Waals surface area contributed by atoms with Crippen LogP contribution in [0.15, 0.2) is 60.8 Å². The van der Waals surface area contributed by atoms with E-state index in [1.165, 1.54) is 96.3 Å². The molecule has 0 aromatic rings. The van der Waals surface area contributed by atoms with Gasteiger partial charge in [-0.25, -0.2) is 0 Å². The SMILES string of the molecule is CC/C=C\C/C=C\C/C=C\CCCCCCCC(=O)OC[C@H](COC(=O)CCCCCCC/C=C\CCCC)OC(=O)CCCCCCCCC/C=C\CCCCCC. The van der Waals surface area contributed by atoms with Gasteiger partial charge in [0.2, 0.25) is 0 Å². The average molecular weight is 825 g/mol. The van der Waals surface area contributed by atoms with Crippen molar-refractivity contribution in [3.63, 3.8) is 0 Å². The molecule has 6 nitrogen and oxygen atoms in total. The molecule has 0 fully saturated rings. The minimum absolute atomic E-state index is 0.0860. The Labute approximate surface area is 364 Å². The van der Waals surface area contributed by atoms with Crippen LogP contribution in [0.4, 0.5) is 0 Å². The van der Waals surface area contributed by atoms with Crippen molar-refractivity contribution in [2.45, 2.75) is 245 Å². The summed E-state index contributed by atoms with van der Waals surface area (Å²) in [7, 11) is 0. The Kier molecular flexibility index (Phi) is 45.4. The molecule has 0 amide bonds. The molecule has 0 rings (SSSR count). The fourth-order valence-electron chi connectivity index (χ4n) is 6.73. The third kappa shape index (κ3) is 46.0. The number of carbonyl (C=O) groups excluding carboxylic acids is 3. The molecule has 0 saturated heterocycles. The average Bonchev–Trinajstić information content (AvgIpc) is 3.23. The van der Waals surface area contributed by atoms with Crippen molar-refractivity contribution >= 4 is 17.9 Å². The molecule has 0 radical (unpaired) electrons. The minimum atomic E-state index is -0.785. The largest absolute Gasteiger partial charge is 0.462 e. The molecule has 0 aliphatic rings. The van der Waals surface area contributed by atoms with E-state index < -0.39 is 6.10 Å². The second kappa shape index (κ2) is 47.8. The first-order valence-electron chi connectivity index (χ1n) is 24.8. The highest BCUT2D eigenvalue weighted by molar-refractivity contribution is 5.71. The van der Waals surface area contributed by atoms with Gasteiger partial charge in [0.05, 0.1) is 0 Å². The van der Waals surface area contributed by atoms with Crippen molar-refractivity contribution in [3.05, 3.63) is 60.8 Å². The highest BCUT2D eigenvalue weighted by Crippen LogP contribution is 2.14. The molecule has 0 spiro atoms. The first-order chi connectivity index (χ1) is 29.0. The van der Waals surface area contributed by atoms with Crippen LogP contribution in [0.3, 0.4) is 0 Å². The van der Waals surface area contributed by atoms with Crippen LogP contribution < -0.4 is 0 Å². The smallest absolute Gasteiger partial charge is 0.306 e. The molecule has 0 aromatic carbocycles. The van der Waals surface area contributed by atoms with Crippen molar-refractivity contribution in [3.8, 4) is 0 Å². The number of unbranched alkanes of at least 4 members (excludes halogenated alkanes) is 23. The number of allylic oxidation sites excluding steroid dienone is 10. The van der Waals surface area contributed by atoms with Crippen molar-refractivity contribution in [2.24, 2.45) is 0 Å². The molecular formula is C53H92O6. The van der Waals surface area contributed by atoms with Crippen LogP contribution in [0, 0.1) is 0 Å². The van der Waals surface area contributed by atoms with Crippen molar-refractivity contribution in [1.82, 2.24) is 0 Å². The zero-order valence-corrected chi connectivity index (χ0v) is 38.8. The van der Waals surface area contributed by atoms with Crippen LogP contribution in [0.1, 0.15) is 239 Å². The topological polar surface area (TPSA) is 78.9 Å². The van der Waals surface area contributed by atoms with Gasteiger partial charge in [-0.2, -0.15) is 0 Å². The van der Waals surface area contributed by atoms with Gasteiger partial charge in [-0.1, -0.05) is 184 Å². The molecule has 0 aliphatic heterocycles. The van der Waals surface area contributed by atoms with Crippen LogP contribution in [0.25, 0.3) is 0 Å². The number of esters is 3. The summed E-state index contributed by atoms with van der Waals surface area (Å²) >= 11 is 0. The lowest BCUT2D eigenvalue weighted by Gasteiger charge is -2.18. The molecule has 0 aromatic heterocycles. The molecular weight excluding hydrogens is 733 g/mol. The number of ether oxygens (including phenoxy) is 3. The molecule has 59 heavy (non-hydrogen) atoms. The van der Waals surface area contributed by atoms with E-state index in [0.717, 1.165) is 103 Å². The first kappa shape index (κ1) is 56.1. The Morgan fingerprint density at radius 1 is 0.356 bits per heavy atom. The Morgan fingerprint density at radius 2 is 0.678 bits per heavy atom. The van der Waals surface area contributed by atoms with Gasteiger partial charge in [0.25, 0.3) is 0 Å². The summed E-state index contributed by atoms with van der Waals surface area (Å²) in [4.78, 5) is 37.9. The van der Waals surface area contributed by atoms with E-state index in [1.807, 2.05) is 0 Å². The van der Waals surface area contributed by atoms with E-state index in [4.69, 9.17) is 14.2 Å². The summed E-state index contributed by atoms with van der Waals surface area (Å²) in [6.45, 7) is 6.45. The van der Waals surface area contributed by atoms with Crippen molar-refractivity contribution < 1.29 is 28.6 Å². The molecule has 6 heteroatoms. The summed E-state index contributed by atoms with van der Waals surface area (Å²) in [5.41, 5.74) is 0. The minimum Gasteiger partial charge on any atom is -0.462 e. The van der Waals surface area contributed by atoms with E-state index in [9.17, 15) is 14.4 Å². The normalized spacial score (nSPS) is 12.5. The fourth-order valence-corrected chi connectivity index (χ4v) is 6.73. The van der Waals surface area contributed by atoms with Gasteiger partial charge in [0.15, 0.2) is 6.10 Å². The molecule has 0 saturated carbocycles. The maximum absolute atomic E-state index is 12.8. The van der Waals surface area contributed by atoms with Crippen LogP contribution in [0.5, 0.6) is 0 Å². The standard InChI is InChI=1S/C53H92O6/c1-4-7-10-13-16-19-22-24-26-28-31-34-37-40-43-46-52(55)58-49-50(48-57-51(54)45-42-39-36-33-30-21-18-15-12-9-6-3)59-53(56)47-44-41-38-35-32-29-27-25-23-20-17-14-11-8-5-2/h7,10,15-16,18-20,23-24,26,50H,4-6,8-9,11-14,17,21-22,25,27-49H2,1-3H3/b10-7-,18-15-,19-16-,23-20-,26-24-/t50-/m0/s1. The van der Waals surface area contributed by atoms with Crippen molar-refractivity contribution in [2.75, 3.05) is 13.2 Å². The van der Waals surface area contributed by atoms with Crippen LogP contribution in [-0.4, -0.2) is 37.2 Å². The Hall–Kier alpha value is -2.89. The van der Waals surface area contributed by atoms with Crippen LogP contribution in [0.2, 0.25) is 0 Å². The maximum atomic E-state index is 12.8. The molecule has 0 N–H and O–H groups in total. The summed E-state index contributed by atoms with van der Waals surface area (Å²) in [5.74, 6) is -0.916. The predicted molar refractivity (Wildman–Crippen MR) is 251 cm³/mol. The van der Waals surface area contributed by atoms with E-state index in [2.05, 4.69) is 81.5 Å². The van der Waals surface area contributed by atoms with Gasteiger partial charge < -0.3 is 14.2 Å². The number of hydrogen-bond acceptors (Lipinski definition) is 6. The highest BCUT2D eigenvalue weighted by atomic mass is 16.6. The van der Waals surface area contributed by atoms with Crippen molar-refractivity contribution in [1.29, 1.82) is 0 Å². The lowest BCUT2D eigenvalue weighted by atomic mass is 10.1. The summed E-state index contributed by atoms with van der Waals surface area (Å²) in [6.07, 6.45) is 57.7. The van der Waals surface area contributed by atoms with E-state index in [1.54, 1.807) is 0 Å². The first-order valence-corrected chi connectivity index (χ1v) is 24.8.